The van der Waals surface area contributed by atoms with Gasteiger partial charge in [-0.05, 0) is 30.2 Å². The molecule has 0 saturated carbocycles. The van der Waals surface area contributed by atoms with E-state index in [0.717, 1.165) is 16.6 Å². The van der Waals surface area contributed by atoms with Gasteiger partial charge in [-0.25, -0.2) is 9.18 Å². The number of pyridine rings is 1. The Balaban J connectivity index is 1.79. The lowest BCUT2D eigenvalue weighted by molar-refractivity contribution is 0.0574. The number of fused-ring (bicyclic) bond motifs is 1. The zero-order chi connectivity index (χ0) is 20.9. The quantitative estimate of drug-likeness (QED) is 0.613. The van der Waals surface area contributed by atoms with Gasteiger partial charge in [-0.2, -0.15) is 0 Å². The molecule has 0 aliphatic carbocycles. The predicted molar refractivity (Wildman–Crippen MR) is 107 cm³/mol. The SMILES string of the molecule is CCc1c(-c2ccc3c(c2)cc(CN2CC(F)C2)n3C)[nH]c(=O)c(C(=O)O)c1O. The van der Waals surface area contributed by atoms with Crippen LogP contribution in [0.3, 0.4) is 0 Å². The maximum atomic E-state index is 13.1. The Morgan fingerprint density at radius 1 is 1.31 bits per heavy atom. The Labute approximate surface area is 166 Å². The Kier molecular flexibility index (Phi) is 4.66. The number of aromatic carboxylic acids is 1. The van der Waals surface area contributed by atoms with Gasteiger partial charge in [-0.3, -0.25) is 9.69 Å². The van der Waals surface area contributed by atoms with Crippen molar-refractivity contribution in [1.82, 2.24) is 14.5 Å². The van der Waals surface area contributed by atoms with Crippen LogP contribution in [0.25, 0.3) is 22.2 Å². The highest BCUT2D eigenvalue weighted by Crippen LogP contribution is 2.32. The van der Waals surface area contributed by atoms with Crippen molar-refractivity contribution in [3.63, 3.8) is 0 Å². The van der Waals surface area contributed by atoms with E-state index in [0.29, 0.717) is 42.9 Å². The molecule has 2 aromatic heterocycles. The lowest BCUT2D eigenvalue weighted by Gasteiger charge is -2.34. The molecule has 0 bridgehead atoms. The van der Waals surface area contributed by atoms with E-state index in [2.05, 4.69) is 9.55 Å². The average Bonchev–Trinajstić information content (AvgIpc) is 2.95. The minimum absolute atomic E-state index is 0.357. The Hall–Kier alpha value is -3.13. The first kappa shape index (κ1) is 19.2. The fraction of sp³-hybridized carbons (Fsp3) is 0.333. The molecule has 152 valence electrons. The number of likely N-dealkylation sites (tertiary alicyclic amines) is 1. The molecule has 0 radical (unpaired) electrons. The monoisotopic (exact) mass is 399 g/mol. The van der Waals surface area contributed by atoms with E-state index in [1.807, 2.05) is 36.2 Å². The van der Waals surface area contributed by atoms with E-state index in [1.54, 1.807) is 6.92 Å². The molecule has 0 amide bonds. The normalized spacial score (nSPS) is 15.0. The highest BCUT2D eigenvalue weighted by molar-refractivity contribution is 5.92. The van der Waals surface area contributed by atoms with Crippen LogP contribution in [0.4, 0.5) is 4.39 Å². The summed E-state index contributed by atoms with van der Waals surface area (Å²) in [7, 11) is 1.96. The Morgan fingerprint density at radius 2 is 2.03 bits per heavy atom. The molecule has 1 aliphatic rings. The number of aryl methyl sites for hydroxylation is 1. The van der Waals surface area contributed by atoms with Crippen molar-refractivity contribution in [3.8, 4) is 17.0 Å². The molecule has 0 unspecified atom stereocenters. The number of benzene rings is 1. The number of aromatic nitrogens is 2. The van der Waals surface area contributed by atoms with Crippen molar-refractivity contribution >= 4 is 16.9 Å². The number of nitrogens with one attached hydrogen (secondary N) is 1. The lowest BCUT2D eigenvalue weighted by Crippen LogP contribution is -2.47. The van der Waals surface area contributed by atoms with Crippen LogP contribution in [-0.4, -0.2) is 49.9 Å². The molecule has 1 fully saturated rings. The van der Waals surface area contributed by atoms with Crippen molar-refractivity contribution in [2.24, 2.45) is 7.05 Å². The number of aromatic amines is 1. The summed E-state index contributed by atoms with van der Waals surface area (Å²) >= 11 is 0. The number of aromatic hydroxyl groups is 1. The van der Waals surface area contributed by atoms with Crippen LogP contribution in [0.2, 0.25) is 0 Å². The number of hydrogen-bond acceptors (Lipinski definition) is 4. The molecule has 3 aromatic rings. The molecule has 29 heavy (non-hydrogen) atoms. The van der Waals surface area contributed by atoms with Gasteiger partial charge in [0, 0.05) is 48.8 Å². The fourth-order valence-corrected chi connectivity index (χ4v) is 4.00. The van der Waals surface area contributed by atoms with Gasteiger partial charge < -0.3 is 19.8 Å². The zero-order valence-corrected chi connectivity index (χ0v) is 16.2. The molecule has 7 nitrogen and oxygen atoms in total. The average molecular weight is 399 g/mol. The van der Waals surface area contributed by atoms with Gasteiger partial charge in [0.1, 0.15) is 11.9 Å². The number of nitrogens with zero attached hydrogens (tertiary/aromatic N) is 2. The van der Waals surface area contributed by atoms with Crippen LogP contribution in [-0.2, 0) is 20.0 Å². The maximum Gasteiger partial charge on any atom is 0.345 e. The number of carboxylic acids is 1. The Morgan fingerprint density at radius 3 is 2.66 bits per heavy atom. The maximum absolute atomic E-state index is 13.1. The lowest BCUT2D eigenvalue weighted by atomic mass is 9.99. The fourth-order valence-electron chi connectivity index (χ4n) is 4.00. The highest BCUT2D eigenvalue weighted by atomic mass is 19.1. The summed E-state index contributed by atoms with van der Waals surface area (Å²) in [5.41, 5.74) is 2.04. The van der Waals surface area contributed by atoms with Gasteiger partial charge >= 0.3 is 5.97 Å². The molecule has 1 aliphatic heterocycles. The molecule has 3 N–H and O–H groups in total. The number of carbonyl (C=O) groups is 1. The van der Waals surface area contributed by atoms with Gasteiger partial charge in [-0.1, -0.05) is 13.0 Å². The van der Waals surface area contributed by atoms with Crippen molar-refractivity contribution in [1.29, 1.82) is 0 Å². The summed E-state index contributed by atoms with van der Waals surface area (Å²) in [6.07, 6.45) is -0.391. The first-order chi connectivity index (χ1) is 13.8. The number of alkyl halides is 1. The van der Waals surface area contributed by atoms with Crippen LogP contribution in [0, 0.1) is 0 Å². The first-order valence-electron chi connectivity index (χ1n) is 9.46. The van der Waals surface area contributed by atoms with Crippen LogP contribution in [0.15, 0.2) is 29.1 Å². The molecular weight excluding hydrogens is 377 g/mol. The summed E-state index contributed by atoms with van der Waals surface area (Å²) in [5.74, 6) is -1.96. The minimum Gasteiger partial charge on any atom is -0.506 e. The van der Waals surface area contributed by atoms with Gasteiger partial charge in [-0.15, -0.1) is 0 Å². The largest absolute Gasteiger partial charge is 0.506 e. The highest BCUT2D eigenvalue weighted by Gasteiger charge is 2.27. The Bertz CT molecular complexity index is 1170. The second kappa shape index (κ2) is 7.04. The van der Waals surface area contributed by atoms with E-state index < -0.39 is 29.0 Å². The number of rotatable bonds is 5. The second-order valence-corrected chi connectivity index (χ2v) is 7.45. The molecule has 0 atom stereocenters. The zero-order valence-electron chi connectivity index (χ0n) is 16.2. The molecule has 0 spiro atoms. The summed E-state index contributed by atoms with van der Waals surface area (Å²) in [5, 5.41) is 20.5. The molecule has 1 aromatic carbocycles. The number of H-pyrrole nitrogens is 1. The number of hydrogen-bond donors (Lipinski definition) is 3. The van der Waals surface area contributed by atoms with Crippen LogP contribution >= 0.6 is 0 Å². The van der Waals surface area contributed by atoms with Crippen molar-refractivity contribution in [2.75, 3.05) is 13.1 Å². The van der Waals surface area contributed by atoms with Gasteiger partial charge in [0.25, 0.3) is 5.56 Å². The van der Waals surface area contributed by atoms with Gasteiger partial charge in [0.05, 0.1) is 5.69 Å². The minimum atomic E-state index is -1.46. The van der Waals surface area contributed by atoms with Gasteiger partial charge in [0.2, 0.25) is 0 Å². The third kappa shape index (κ3) is 3.19. The molecular formula is C21H22FN3O4. The third-order valence-corrected chi connectivity index (χ3v) is 5.59. The second-order valence-electron chi connectivity index (χ2n) is 7.45. The summed E-state index contributed by atoms with van der Waals surface area (Å²) in [6.45, 7) is 3.34. The molecule has 1 saturated heterocycles. The smallest absolute Gasteiger partial charge is 0.345 e. The molecule has 8 heteroatoms. The van der Waals surface area contributed by atoms with Crippen LogP contribution in [0.5, 0.6) is 5.75 Å². The standard InChI is InChI=1S/C21H22FN3O4/c1-3-15-18(23-20(27)17(19(15)26)21(28)29)11-4-5-16-12(6-11)7-14(24(16)2)10-25-8-13(22)9-25/h4-7,13H,3,8-10H2,1-2H3,(H,28,29)(H2,23,26,27). The van der Waals surface area contributed by atoms with E-state index in [4.69, 9.17) is 0 Å². The van der Waals surface area contributed by atoms with Crippen molar-refractivity contribution in [3.05, 3.63) is 51.4 Å². The molecule has 4 rings (SSSR count). The predicted octanol–water partition coefficient (Wildman–Crippen LogP) is 2.65. The first-order valence-corrected chi connectivity index (χ1v) is 9.46. The van der Waals surface area contributed by atoms with Gasteiger partial charge in [0.15, 0.2) is 5.56 Å². The molecule has 3 heterocycles. The summed E-state index contributed by atoms with van der Waals surface area (Å²) in [6, 6.07) is 7.68. The van der Waals surface area contributed by atoms with E-state index >= 15 is 0 Å². The van der Waals surface area contributed by atoms with Crippen LogP contribution < -0.4 is 5.56 Å². The van der Waals surface area contributed by atoms with Crippen molar-refractivity contribution < 1.29 is 19.4 Å². The summed E-state index contributed by atoms with van der Waals surface area (Å²) < 4.78 is 15.2. The van der Waals surface area contributed by atoms with Crippen molar-refractivity contribution in [2.45, 2.75) is 26.1 Å². The number of carboxylic acid groups (broad SMARTS) is 1. The summed E-state index contributed by atoms with van der Waals surface area (Å²) in [4.78, 5) is 28.2. The van der Waals surface area contributed by atoms with E-state index in [9.17, 15) is 24.2 Å². The third-order valence-electron chi connectivity index (χ3n) is 5.59. The topological polar surface area (TPSA) is 98.6 Å². The van der Waals surface area contributed by atoms with E-state index in [-0.39, 0.29) is 0 Å². The van der Waals surface area contributed by atoms with E-state index in [1.165, 1.54) is 0 Å². The number of halogens is 1. The van der Waals surface area contributed by atoms with Crippen LogP contribution in [0.1, 0.15) is 28.5 Å².